The van der Waals surface area contributed by atoms with Gasteiger partial charge in [0.25, 0.3) is 0 Å². The molecule has 150 valence electrons. The predicted molar refractivity (Wildman–Crippen MR) is 103 cm³/mol. The summed E-state index contributed by atoms with van der Waals surface area (Å²) in [7, 11) is 0. The number of hydrogen-bond acceptors (Lipinski definition) is 6. The van der Waals surface area contributed by atoms with Crippen LogP contribution >= 0.6 is 0 Å². The minimum atomic E-state index is -0.390. The quantitative estimate of drug-likeness (QED) is 0.524. The Morgan fingerprint density at radius 1 is 1.25 bits per heavy atom. The predicted octanol–water partition coefficient (Wildman–Crippen LogP) is 3.81. The van der Waals surface area contributed by atoms with E-state index in [1.54, 1.807) is 31.2 Å². The van der Waals surface area contributed by atoms with Crippen molar-refractivity contribution < 1.29 is 28.5 Å². The van der Waals surface area contributed by atoms with E-state index in [0.29, 0.717) is 37.4 Å². The number of carbonyl (C=O) groups excluding carboxylic acids is 2. The SMILES string of the molecule is C=C(C)COC1CCC2C(=O)C(Oc3ccc(C(=O)OCC)cc3)=COC2C1. The molecular weight excluding hydrogens is 360 g/mol. The maximum atomic E-state index is 12.8. The van der Waals surface area contributed by atoms with Gasteiger partial charge in [0.2, 0.25) is 11.5 Å². The van der Waals surface area contributed by atoms with Crippen LogP contribution in [0.5, 0.6) is 5.75 Å². The third kappa shape index (κ3) is 4.81. The molecule has 1 heterocycles. The molecule has 1 aliphatic heterocycles. The zero-order valence-corrected chi connectivity index (χ0v) is 16.3. The highest BCUT2D eigenvalue weighted by Crippen LogP contribution is 2.35. The van der Waals surface area contributed by atoms with Crippen molar-refractivity contribution in [1.29, 1.82) is 0 Å². The zero-order chi connectivity index (χ0) is 20.1. The number of Topliss-reactive ketones (excluding diaryl/α,β-unsaturated/α-hetero) is 1. The van der Waals surface area contributed by atoms with Crippen molar-refractivity contribution in [2.24, 2.45) is 5.92 Å². The molecule has 1 aromatic carbocycles. The van der Waals surface area contributed by atoms with E-state index < -0.39 is 0 Å². The first kappa shape index (κ1) is 20.1. The molecule has 3 atom stereocenters. The Kier molecular flexibility index (Phi) is 6.52. The Bertz CT molecular complexity index is 764. The third-order valence-corrected chi connectivity index (χ3v) is 4.83. The summed E-state index contributed by atoms with van der Waals surface area (Å²) in [6.45, 7) is 8.37. The van der Waals surface area contributed by atoms with Crippen molar-refractivity contribution in [2.45, 2.75) is 45.3 Å². The van der Waals surface area contributed by atoms with Crippen molar-refractivity contribution in [1.82, 2.24) is 0 Å². The van der Waals surface area contributed by atoms with Gasteiger partial charge in [-0.1, -0.05) is 12.2 Å². The van der Waals surface area contributed by atoms with Crippen LogP contribution in [0.1, 0.15) is 43.5 Å². The van der Waals surface area contributed by atoms with Crippen LogP contribution in [-0.4, -0.2) is 37.2 Å². The summed E-state index contributed by atoms with van der Waals surface area (Å²) < 4.78 is 22.3. The fourth-order valence-corrected chi connectivity index (χ4v) is 3.42. The molecule has 0 bridgehead atoms. The topological polar surface area (TPSA) is 71.1 Å². The van der Waals surface area contributed by atoms with E-state index in [4.69, 9.17) is 18.9 Å². The largest absolute Gasteiger partial charge is 0.493 e. The van der Waals surface area contributed by atoms with Crippen molar-refractivity contribution >= 4 is 11.8 Å². The van der Waals surface area contributed by atoms with Gasteiger partial charge in [-0.2, -0.15) is 0 Å². The second kappa shape index (κ2) is 9.06. The van der Waals surface area contributed by atoms with Gasteiger partial charge in [0.15, 0.2) is 0 Å². The second-order valence-corrected chi connectivity index (χ2v) is 7.18. The van der Waals surface area contributed by atoms with Gasteiger partial charge in [0.1, 0.15) is 18.1 Å². The molecule has 0 radical (unpaired) electrons. The average molecular weight is 386 g/mol. The Labute approximate surface area is 165 Å². The minimum Gasteiger partial charge on any atom is -0.493 e. The van der Waals surface area contributed by atoms with Gasteiger partial charge in [-0.3, -0.25) is 4.79 Å². The molecule has 28 heavy (non-hydrogen) atoms. The molecular formula is C22H26O6. The molecule has 0 aromatic heterocycles. The highest BCUT2D eigenvalue weighted by Gasteiger charge is 2.41. The lowest BCUT2D eigenvalue weighted by Gasteiger charge is -2.37. The number of esters is 1. The molecule has 1 fully saturated rings. The Hall–Kier alpha value is -2.60. The summed E-state index contributed by atoms with van der Waals surface area (Å²) in [4.78, 5) is 24.5. The molecule has 0 saturated heterocycles. The summed E-state index contributed by atoms with van der Waals surface area (Å²) in [6.07, 6.45) is 3.48. The van der Waals surface area contributed by atoms with Gasteiger partial charge in [-0.25, -0.2) is 4.79 Å². The Morgan fingerprint density at radius 2 is 2.00 bits per heavy atom. The number of rotatable bonds is 7. The summed E-state index contributed by atoms with van der Waals surface area (Å²) >= 11 is 0. The fraction of sp³-hybridized carbons (Fsp3) is 0.455. The van der Waals surface area contributed by atoms with Gasteiger partial charge in [-0.15, -0.1) is 0 Å². The molecule has 0 N–H and O–H groups in total. The number of fused-ring (bicyclic) bond motifs is 1. The number of ketones is 1. The highest BCUT2D eigenvalue weighted by molar-refractivity contribution is 5.96. The highest BCUT2D eigenvalue weighted by atomic mass is 16.5. The summed E-state index contributed by atoms with van der Waals surface area (Å²) in [5, 5.41) is 0. The van der Waals surface area contributed by atoms with Gasteiger partial charge >= 0.3 is 5.97 Å². The van der Waals surface area contributed by atoms with Gasteiger partial charge in [0.05, 0.1) is 30.8 Å². The van der Waals surface area contributed by atoms with E-state index in [9.17, 15) is 9.59 Å². The Morgan fingerprint density at radius 3 is 2.68 bits per heavy atom. The van der Waals surface area contributed by atoms with E-state index in [1.165, 1.54) is 6.26 Å². The number of hydrogen-bond donors (Lipinski definition) is 0. The number of benzene rings is 1. The van der Waals surface area contributed by atoms with Crippen LogP contribution in [0.3, 0.4) is 0 Å². The van der Waals surface area contributed by atoms with Crippen LogP contribution in [-0.2, 0) is 19.0 Å². The molecule has 0 spiro atoms. The first-order chi connectivity index (χ1) is 13.5. The zero-order valence-electron chi connectivity index (χ0n) is 16.3. The lowest BCUT2D eigenvalue weighted by Crippen LogP contribution is -2.42. The second-order valence-electron chi connectivity index (χ2n) is 7.18. The van der Waals surface area contributed by atoms with Crippen LogP contribution in [0, 0.1) is 5.92 Å². The normalized spacial score (nSPS) is 23.9. The molecule has 2 aliphatic rings. The van der Waals surface area contributed by atoms with Crippen molar-refractivity contribution in [3.8, 4) is 5.75 Å². The average Bonchev–Trinajstić information content (AvgIpc) is 2.69. The lowest BCUT2D eigenvalue weighted by atomic mass is 9.80. The summed E-state index contributed by atoms with van der Waals surface area (Å²) in [5.74, 6) is -0.00835. The van der Waals surface area contributed by atoms with Crippen molar-refractivity contribution in [3.05, 3.63) is 54.0 Å². The van der Waals surface area contributed by atoms with Gasteiger partial charge in [0, 0.05) is 6.42 Å². The number of allylic oxidation sites excluding steroid dienone is 1. The minimum absolute atomic E-state index is 0.0518. The molecule has 1 aromatic rings. The van der Waals surface area contributed by atoms with Crippen molar-refractivity contribution in [2.75, 3.05) is 13.2 Å². The van der Waals surface area contributed by atoms with Crippen LogP contribution in [0.2, 0.25) is 0 Å². The smallest absolute Gasteiger partial charge is 0.338 e. The van der Waals surface area contributed by atoms with Crippen LogP contribution in [0.25, 0.3) is 0 Å². The third-order valence-electron chi connectivity index (χ3n) is 4.83. The first-order valence-corrected chi connectivity index (χ1v) is 9.58. The van der Waals surface area contributed by atoms with E-state index in [-0.39, 0.29) is 35.6 Å². The maximum absolute atomic E-state index is 12.8. The molecule has 0 amide bonds. The summed E-state index contributed by atoms with van der Waals surface area (Å²) in [5.41, 5.74) is 1.41. The number of carbonyl (C=O) groups is 2. The van der Waals surface area contributed by atoms with E-state index in [2.05, 4.69) is 6.58 Å². The molecule has 6 nitrogen and oxygen atoms in total. The molecule has 3 unspecified atom stereocenters. The van der Waals surface area contributed by atoms with Gasteiger partial charge in [-0.05, 0) is 51.0 Å². The molecule has 6 heteroatoms. The van der Waals surface area contributed by atoms with Crippen LogP contribution in [0.4, 0.5) is 0 Å². The first-order valence-electron chi connectivity index (χ1n) is 9.58. The monoisotopic (exact) mass is 386 g/mol. The van der Waals surface area contributed by atoms with E-state index >= 15 is 0 Å². The van der Waals surface area contributed by atoms with E-state index in [1.807, 2.05) is 6.92 Å². The fourth-order valence-electron chi connectivity index (χ4n) is 3.42. The number of ether oxygens (including phenoxy) is 4. The van der Waals surface area contributed by atoms with E-state index in [0.717, 1.165) is 12.0 Å². The lowest BCUT2D eigenvalue weighted by molar-refractivity contribution is -0.133. The van der Waals surface area contributed by atoms with Crippen LogP contribution in [0.15, 0.2) is 48.4 Å². The molecule has 1 aliphatic carbocycles. The standard InChI is InChI=1S/C22H26O6/c1-4-25-22(24)15-5-7-16(8-6-15)28-20-13-27-19-11-17(26-12-14(2)3)9-10-18(19)21(20)23/h5-8,13,17-19H,2,4,9-12H2,1,3H3. The Balaban J connectivity index is 1.60. The molecule has 1 saturated carbocycles. The summed E-state index contributed by atoms with van der Waals surface area (Å²) in [6, 6.07) is 6.48. The van der Waals surface area contributed by atoms with Crippen LogP contribution < -0.4 is 4.74 Å². The molecule has 3 rings (SSSR count). The maximum Gasteiger partial charge on any atom is 0.338 e. The van der Waals surface area contributed by atoms with Gasteiger partial charge < -0.3 is 18.9 Å². The van der Waals surface area contributed by atoms with Crippen molar-refractivity contribution in [3.63, 3.8) is 0 Å².